The van der Waals surface area contributed by atoms with Gasteiger partial charge in [0, 0.05) is 6.54 Å². The van der Waals surface area contributed by atoms with Crippen LogP contribution in [0.4, 0.5) is 0 Å². The molecule has 0 saturated heterocycles. The minimum absolute atomic E-state index is 0.0616. The van der Waals surface area contributed by atoms with Crippen LogP contribution in [0.3, 0.4) is 0 Å². The van der Waals surface area contributed by atoms with E-state index in [-0.39, 0.29) is 11.4 Å². The van der Waals surface area contributed by atoms with E-state index < -0.39 is 15.6 Å². The number of aromatic amines is 1. The van der Waals surface area contributed by atoms with Crippen LogP contribution in [0, 0.1) is 19.8 Å². The van der Waals surface area contributed by atoms with Crippen molar-refractivity contribution in [2.24, 2.45) is 5.92 Å². The minimum Gasteiger partial charge on any atom is -0.389 e. The molecule has 0 atom stereocenters. The van der Waals surface area contributed by atoms with Gasteiger partial charge in [-0.1, -0.05) is 6.92 Å². The molecule has 0 unspecified atom stereocenters. The average molecular weight is 301 g/mol. The Morgan fingerprint density at radius 3 is 2.50 bits per heavy atom. The smallest absolute Gasteiger partial charge is 0.244 e. The van der Waals surface area contributed by atoms with E-state index in [1.807, 2.05) is 0 Å². The summed E-state index contributed by atoms with van der Waals surface area (Å²) in [5, 5.41) is 17.0. The standard InChI is InChI=1S/C13H23N3O3S/c1-9-4-6-13(17,7-5-9)8-14-20(18,19)12-10(2)15-16-11(12)3/h9,14,17H,4-8H2,1-3H3,(H,15,16). The van der Waals surface area contributed by atoms with Crippen LogP contribution in [0.25, 0.3) is 0 Å². The van der Waals surface area contributed by atoms with Crippen molar-refractivity contribution in [1.29, 1.82) is 0 Å². The number of hydrogen-bond acceptors (Lipinski definition) is 4. The molecule has 1 aromatic rings. The molecular formula is C13H23N3O3S. The van der Waals surface area contributed by atoms with E-state index in [1.165, 1.54) is 0 Å². The van der Waals surface area contributed by atoms with Gasteiger partial charge in [0.05, 0.1) is 17.0 Å². The third-order valence-corrected chi connectivity index (χ3v) is 5.79. The molecule has 2 rings (SSSR count). The molecule has 7 heteroatoms. The van der Waals surface area contributed by atoms with E-state index in [0.29, 0.717) is 30.1 Å². The van der Waals surface area contributed by atoms with Crippen molar-refractivity contribution in [3.63, 3.8) is 0 Å². The third-order valence-electron chi connectivity index (χ3n) is 4.13. The summed E-state index contributed by atoms with van der Waals surface area (Å²) < 4.78 is 27.1. The van der Waals surface area contributed by atoms with Crippen molar-refractivity contribution in [3.05, 3.63) is 11.4 Å². The van der Waals surface area contributed by atoms with Gasteiger partial charge in [-0.25, -0.2) is 13.1 Å². The van der Waals surface area contributed by atoms with Gasteiger partial charge < -0.3 is 5.11 Å². The number of sulfonamides is 1. The lowest BCUT2D eigenvalue weighted by Gasteiger charge is -2.34. The zero-order valence-corrected chi connectivity index (χ0v) is 13.0. The molecule has 0 spiro atoms. The lowest BCUT2D eigenvalue weighted by Crippen LogP contribution is -2.45. The van der Waals surface area contributed by atoms with Gasteiger partial charge in [-0.05, 0) is 45.4 Å². The number of hydrogen-bond donors (Lipinski definition) is 3. The lowest BCUT2D eigenvalue weighted by molar-refractivity contribution is -0.00183. The molecule has 1 fully saturated rings. The molecule has 1 heterocycles. The van der Waals surface area contributed by atoms with E-state index in [2.05, 4.69) is 21.8 Å². The second-order valence-electron chi connectivity index (χ2n) is 5.99. The van der Waals surface area contributed by atoms with E-state index in [4.69, 9.17) is 0 Å². The monoisotopic (exact) mass is 301 g/mol. The molecule has 0 aliphatic heterocycles. The first-order valence-electron chi connectivity index (χ1n) is 6.97. The summed E-state index contributed by atoms with van der Waals surface area (Å²) in [4.78, 5) is 0.185. The van der Waals surface area contributed by atoms with E-state index in [1.54, 1.807) is 13.8 Å². The lowest BCUT2D eigenvalue weighted by atomic mass is 9.80. The average Bonchev–Trinajstić information content (AvgIpc) is 2.72. The predicted molar refractivity (Wildman–Crippen MR) is 75.8 cm³/mol. The van der Waals surface area contributed by atoms with Crippen molar-refractivity contribution in [2.45, 2.75) is 57.0 Å². The van der Waals surface area contributed by atoms with Gasteiger partial charge in [0.25, 0.3) is 0 Å². The quantitative estimate of drug-likeness (QED) is 0.780. The van der Waals surface area contributed by atoms with Crippen molar-refractivity contribution >= 4 is 10.0 Å². The number of rotatable bonds is 4. The summed E-state index contributed by atoms with van der Waals surface area (Å²) in [6.45, 7) is 5.54. The molecule has 1 aliphatic rings. The van der Waals surface area contributed by atoms with Gasteiger partial charge in [-0.3, -0.25) is 5.10 Å². The van der Waals surface area contributed by atoms with Crippen molar-refractivity contribution in [3.8, 4) is 0 Å². The highest BCUT2D eigenvalue weighted by molar-refractivity contribution is 7.89. The van der Waals surface area contributed by atoms with Crippen LogP contribution in [0.1, 0.15) is 44.0 Å². The van der Waals surface area contributed by atoms with E-state index >= 15 is 0 Å². The van der Waals surface area contributed by atoms with Gasteiger partial charge in [-0.2, -0.15) is 5.10 Å². The number of nitrogens with one attached hydrogen (secondary N) is 2. The summed E-state index contributed by atoms with van der Waals surface area (Å²) in [6, 6.07) is 0. The molecule has 6 nitrogen and oxygen atoms in total. The topological polar surface area (TPSA) is 95.1 Å². The van der Waals surface area contributed by atoms with Crippen molar-refractivity contribution in [1.82, 2.24) is 14.9 Å². The van der Waals surface area contributed by atoms with Gasteiger partial charge in [0.2, 0.25) is 10.0 Å². The highest BCUT2D eigenvalue weighted by atomic mass is 32.2. The second-order valence-corrected chi connectivity index (χ2v) is 7.70. The number of aryl methyl sites for hydroxylation is 2. The molecule has 0 aromatic carbocycles. The summed E-state index contributed by atoms with van der Waals surface area (Å²) in [7, 11) is -3.63. The van der Waals surface area contributed by atoms with Gasteiger partial charge in [0.1, 0.15) is 4.90 Å². The van der Waals surface area contributed by atoms with Gasteiger partial charge in [0.15, 0.2) is 0 Å². The molecule has 114 valence electrons. The molecule has 0 bridgehead atoms. The number of nitrogens with zero attached hydrogens (tertiary/aromatic N) is 1. The molecule has 20 heavy (non-hydrogen) atoms. The van der Waals surface area contributed by atoms with Crippen LogP contribution >= 0.6 is 0 Å². The zero-order valence-electron chi connectivity index (χ0n) is 12.2. The Morgan fingerprint density at radius 2 is 2.00 bits per heavy atom. The van der Waals surface area contributed by atoms with Crippen LogP contribution in [-0.4, -0.2) is 35.9 Å². The van der Waals surface area contributed by atoms with Gasteiger partial charge in [-0.15, -0.1) is 0 Å². The minimum atomic E-state index is -3.63. The Morgan fingerprint density at radius 1 is 1.40 bits per heavy atom. The number of H-pyrrole nitrogens is 1. The highest BCUT2D eigenvalue weighted by Crippen LogP contribution is 2.31. The van der Waals surface area contributed by atoms with Crippen LogP contribution in [0.15, 0.2) is 4.90 Å². The van der Waals surface area contributed by atoms with Crippen molar-refractivity contribution in [2.75, 3.05) is 6.54 Å². The molecule has 0 radical (unpaired) electrons. The largest absolute Gasteiger partial charge is 0.389 e. The zero-order chi connectivity index (χ0) is 15.0. The van der Waals surface area contributed by atoms with Gasteiger partial charge >= 0.3 is 0 Å². The Labute approximate surface area is 120 Å². The maximum Gasteiger partial charge on any atom is 0.244 e. The number of aliphatic hydroxyl groups is 1. The maximum absolute atomic E-state index is 12.3. The fourth-order valence-corrected chi connectivity index (χ4v) is 4.20. The Balaban J connectivity index is 2.07. The van der Waals surface area contributed by atoms with E-state index in [0.717, 1.165) is 12.8 Å². The molecular weight excluding hydrogens is 278 g/mol. The molecule has 1 aliphatic carbocycles. The van der Waals surface area contributed by atoms with Crippen LogP contribution in [-0.2, 0) is 10.0 Å². The first kappa shape index (κ1) is 15.5. The SMILES string of the molecule is Cc1n[nH]c(C)c1S(=O)(=O)NCC1(O)CCC(C)CC1. The Hall–Kier alpha value is -0.920. The first-order valence-corrected chi connectivity index (χ1v) is 8.45. The third kappa shape index (κ3) is 3.21. The Bertz CT molecular complexity index is 552. The molecule has 3 N–H and O–H groups in total. The summed E-state index contributed by atoms with van der Waals surface area (Å²) >= 11 is 0. The fraction of sp³-hybridized carbons (Fsp3) is 0.769. The molecule has 1 saturated carbocycles. The van der Waals surface area contributed by atoms with Crippen LogP contribution < -0.4 is 4.72 Å². The van der Waals surface area contributed by atoms with E-state index in [9.17, 15) is 13.5 Å². The summed E-state index contributed by atoms with van der Waals surface area (Å²) in [6.07, 6.45) is 3.14. The van der Waals surface area contributed by atoms with Crippen LogP contribution in [0.2, 0.25) is 0 Å². The second kappa shape index (κ2) is 5.46. The van der Waals surface area contributed by atoms with Crippen LogP contribution in [0.5, 0.6) is 0 Å². The molecule has 0 amide bonds. The number of aromatic nitrogens is 2. The maximum atomic E-state index is 12.3. The Kier molecular flexibility index (Phi) is 4.22. The highest BCUT2D eigenvalue weighted by Gasteiger charge is 2.34. The first-order chi connectivity index (χ1) is 9.23. The predicted octanol–water partition coefficient (Wildman–Crippen LogP) is 1.25. The molecule has 1 aromatic heterocycles. The summed E-state index contributed by atoms with van der Waals surface area (Å²) in [5.74, 6) is 0.602. The van der Waals surface area contributed by atoms with Crippen molar-refractivity contribution < 1.29 is 13.5 Å². The fourth-order valence-electron chi connectivity index (χ4n) is 2.71. The summed E-state index contributed by atoms with van der Waals surface area (Å²) in [5.41, 5.74) is 0.0315. The normalized spacial score (nSPS) is 27.7.